The van der Waals surface area contributed by atoms with E-state index < -0.39 is 12.2 Å². The van der Waals surface area contributed by atoms with Gasteiger partial charge in [0, 0.05) is 12.8 Å². The molecule has 0 aliphatic rings. The van der Waals surface area contributed by atoms with Gasteiger partial charge in [0.05, 0.1) is 6.10 Å². The number of hydrogen-bond acceptors (Lipinski definition) is 6. The van der Waals surface area contributed by atoms with Gasteiger partial charge in [-0.05, 0) is 50.9 Å². The van der Waals surface area contributed by atoms with E-state index >= 15 is 0 Å². The van der Waals surface area contributed by atoms with Crippen LogP contribution in [0.2, 0.25) is 0 Å². The summed E-state index contributed by atoms with van der Waals surface area (Å²) in [5, 5.41) is 19.9. The number of ether oxygens (including phenoxy) is 2. The maximum absolute atomic E-state index is 11.9. The Morgan fingerprint density at radius 1 is 0.604 bits per heavy atom. The summed E-state index contributed by atoms with van der Waals surface area (Å²) >= 11 is 0. The van der Waals surface area contributed by atoms with E-state index in [1.165, 1.54) is 57.8 Å². The molecule has 3 atom stereocenters. The summed E-state index contributed by atoms with van der Waals surface area (Å²) in [6.07, 6.45) is 42.7. The first-order valence-corrected chi connectivity index (χ1v) is 19.0. The van der Waals surface area contributed by atoms with Crippen LogP contribution in [-0.4, -0.2) is 47.6 Å². The molecular weight excluding hydrogens is 600 g/mol. The van der Waals surface area contributed by atoms with Gasteiger partial charge in [0.25, 0.3) is 0 Å². The van der Waals surface area contributed by atoms with Crippen LogP contribution in [0, 0.1) is 5.92 Å². The molecule has 2 unspecified atom stereocenters. The maximum Gasteiger partial charge on any atom is 0.306 e. The molecule has 0 saturated heterocycles. The summed E-state index contributed by atoms with van der Waals surface area (Å²) in [6.45, 7) is 6.40. The number of carbonyl (C=O) groups excluding carboxylic acids is 2. The number of aliphatic hydroxyl groups excluding tert-OH is 2. The standard InChI is InChI=1S/C42H70O6/c1-4-6-7-8-22-27-32-39(43)33-28-23-18-14-10-12-16-20-25-30-35-42(46)48-37-40(44)36-47-41(45)34-29-24-19-15-11-9-13-17-21-26-31-38(3)5-2/h6-7,10,12,18,20,22-23,25,27-28,33,38-40,43-44H,4-5,8-9,11,13-17,19,21,24,26,29-32,34-37H2,1-3H3/b7-6-,12-10-,23-18-,25-20-,27-22-,33-28+/t38?,39?,40-/m0/s1. The predicted octanol–water partition coefficient (Wildman–Crippen LogP) is 10.6. The lowest BCUT2D eigenvalue weighted by molar-refractivity contribution is -0.152. The van der Waals surface area contributed by atoms with Crippen LogP contribution in [0.15, 0.2) is 72.9 Å². The van der Waals surface area contributed by atoms with Gasteiger partial charge in [-0.2, -0.15) is 0 Å². The maximum atomic E-state index is 11.9. The van der Waals surface area contributed by atoms with Crippen molar-refractivity contribution < 1.29 is 29.3 Å². The minimum Gasteiger partial charge on any atom is -0.463 e. The van der Waals surface area contributed by atoms with Gasteiger partial charge in [-0.1, -0.05) is 164 Å². The number of rotatable bonds is 32. The Kier molecular flexibility index (Phi) is 33.6. The molecule has 0 spiro atoms. The van der Waals surface area contributed by atoms with Crippen molar-refractivity contribution in [1.82, 2.24) is 0 Å². The summed E-state index contributed by atoms with van der Waals surface area (Å²) in [5.74, 6) is 0.175. The lowest BCUT2D eigenvalue weighted by Gasteiger charge is -2.12. The third-order valence-electron chi connectivity index (χ3n) is 8.09. The molecular formula is C42H70O6. The van der Waals surface area contributed by atoms with E-state index in [1.807, 2.05) is 36.5 Å². The van der Waals surface area contributed by atoms with Crippen LogP contribution in [-0.2, 0) is 19.1 Å². The average Bonchev–Trinajstić information content (AvgIpc) is 3.08. The average molecular weight is 671 g/mol. The zero-order chi connectivity index (χ0) is 35.3. The molecule has 6 heteroatoms. The minimum absolute atomic E-state index is 0.155. The fourth-order valence-corrected chi connectivity index (χ4v) is 4.82. The van der Waals surface area contributed by atoms with Crippen LogP contribution in [0.1, 0.15) is 149 Å². The molecule has 0 amide bonds. The first kappa shape index (κ1) is 45.3. The van der Waals surface area contributed by atoms with Crippen LogP contribution in [0.5, 0.6) is 0 Å². The quantitative estimate of drug-likeness (QED) is 0.0320. The summed E-state index contributed by atoms with van der Waals surface area (Å²) in [4.78, 5) is 23.9. The lowest BCUT2D eigenvalue weighted by Crippen LogP contribution is -2.25. The third-order valence-corrected chi connectivity index (χ3v) is 8.09. The van der Waals surface area contributed by atoms with Gasteiger partial charge in [0.15, 0.2) is 0 Å². The van der Waals surface area contributed by atoms with Crippen molar-refractivity contribution in [3.63, 3.8) is 0 Å². The molecule has 0 aromatic rings. The van der Waals surface area contributed by atoms with Gasteiger partial charge in [0.2, 0.25) is 0 Å². The number of carbonyl (C=O) groups is 2. The highest BCUT2D eigenvalue weighted by molar-refractivity contribution is 5.70. The summed E-state index contributed by atoms with van der Waals surface area (Å²) in [5.41, 5.74) is 0. The number of unbranched alkanes of at least 4 members (excludes halogenated alkanes) is 9. The van der Waals surface area contributed by atoms with Gasteiger partial charge in [0.1, 0.15) is 19.3 Å². The van der Waals surface area contributed by atoms with Crippen molar-refractivity contribution in [3.05, 3.63) is 72.9 Å². The summed E-state index contributed by atoms with van der Waals surface area (Å²) < 4.78 is 10.2. The molecule has 0 aliphatic carbocycles. The first-order valence-electron chi connectivity index (χ1n) is 19.0. The van der Waals surface area contributed by atoms with Crippen LogP contribution < -0.4 is 0 Å². The third kappa shape index (κ3) is 34.6. The second-order valence-corrected chi connectivity index (χ2v) is 12.8. The molecule has 48 heavy (non-hydrogen) atoms. The van der Waals surface area contributed by atoms with Crippen molar-refractivity contribution in [2.75, 3.05) is 13.2 Å². The Labute approximate surface area is 294 Å². The van der Waals surface area contributed by atoms with Gasteiger partial charge in [-0.25, -0.2) is 0 Å². The Bertz CT molecular complexity index is 928. The molecule has 6 nitrogen and oxygen atoms in total. The molecule has 2 N–H and O–H groups in total. The number of allylic oxidation sites excluding steroid dienone is 10. The fraction of sp³-hybridized carbons (Fsp3) is 0.667. The molecule has 0 aromatic heterocycles. The van der Waals surface area contributed by atoms with Crippen LogP contribution in [0.3, 0.4) is 0 Å². The number of hydrogen-bond donors (Lipinski definition) is 2. The van der Waals surface area contributed by atoms with Gasteiger partial charge in [-0.15, -0.1) is 0 Å². The monoisotopic (exact) mass is 671 g/mol. The molecule has 0 radical (unpaired) electrons. The van der Waals surface area contributed by atoms with Crippen molar-refractivity contribution in [1.29, 1.82) is 0 Å². The Hall–Kier alpha value is -2.70. The highest BCUT2D eigenvalue weighted by atomic mass is 16.6. The molecule has 274 valence electrons. The summed E-state index contributed by atoms with van der Waals surface area (Å²) in [7, 11) is 0. The van der Waals surface area contributed by atoms with Crippen LogP contribution in [0.4, 0.5) is 0 Å². The topological polar surface area (TPSA) is 93.1 Å². The SMILES string of the molecule is CC/C=C\C/C=C\CC(O)/C=C/C=C\C/C=C\C/C=C\CCC(=O)OC[C@@H](O)COC(=O)CCCCCCCCCCCCC(C)CC. The summed E-state index contributed by atoms with van der Waals surface area (Å²) in [6, 6.07) is 0. The second kappa shape index (κ2) is 35.6. The van der Waals surface area contributed by atoms with Crippen LogP contribution >= 0.6 is 0 Å². The molecule has 0 saturated carbocycles. The van der Waals surface area contributed by atoms with Crippen molar-refractivity contribution in [2.24, 2.45) is 5.92 Å². The van der Waals surface area contributed by atoms with Crippen molar-refractivity contribution in [2.45, 2.75) is 161 Å². The van der Waals surface area contributed by atoms with Crippen LogP contribution in [0.25, 0.3) is 0 Å². The van der Waals surface area contributed by atoms with E-state index in [9.17, 15) is 19.8 Å². The Balaban J connectivity index is 3.68. The largest absolute Gasteiger partial charge is 0.463 e. The Morgan fingerprint density at radius 3 is 1.75 bits per heavy atom. The fourth-order valence-electron chi connectivity index (χ4n) is 4.82. The van der Waals surface area contributed by atoms with E-state index in [4.69, 9.17) is 9.47 Å². The zero-order valence-corrected chi connectivity index (χ0v) is 30.7. The highest BCUT2D eigenvalue weighted by Crippen LogP contribution is 2.15. The van der Waals surface area contributed by atoms with Crippen molar-refractivity contribution in [3.8, 4) is 0 Å². The van der Waals surface area contributed by atoms with E-state index in [2.05, 4.69) is 51.2 Å². The van der Waals surface area contributed by atoms with Gasteiger partial charge >= 0.3 is 11.9 Å². The van der Waals surface area contributed by atoms with Gasteiger partial charge in [-0.3, -0.25) is 9.59 Å². The minimum atomic E-state index is -1.01. The second-order valence-electron chi connectivity index (χ2n) is 12.8. The van der Waals surface area contributed by atoms with E-state index in [0.717, 1.165) is 50.9 Å². The Morgan fingerprint density at radius 2 is 1.12 bits per heavy atom. The number of esters is 2. The molecule has 0 aromatic carbocycles. The molecule has 0 aliphatic heterocycles. The van der Waals surface area contributed by atoms with Crippen molar-refractivity contribution >= 4 is 11.9 Å². The van der Waals surface area contributed by atoms with E-state index in [1.54, 1.807) is 6.08 Å². The first-order chi connectivity index (χ1) is 23.4. The van der Waals surface area contributed by atoms with Gasteiger partial charge < -0.3 is 19.7 Å². The molecule has 0 rings (SSSR count). The smallest absolute Gasteiger partial charge is 0.306 e. The zero-order valence-electron chi connectivity index (χ0n) is 30.7. The molecule has 0 heterocycles. The normalized spacial score (nSPS) is 14.4. The predicted molar refractivity (Wildman–Crippen MR) is 202 cm³/mol. The van der Waals surface area contributed by atoms with E-state index in [-0.39, 0.29) is 31.6 Å². The molecule has 0 fully saturated rings. The lowest BCUT2D eigenvalue weighted by atomic mass is 9.99. The number of aliphatic hydroxyl groups is 2. The molecule has 0 bridgehead atoms. The van der Waals surface area contributed by atoms with E-state index in [0.29, 0.717) is 19.3 Å². The highest BCUT2D eigenvalue weighted by Gasteiger charge is 2.11.